The maximum Gasteiger partial charge on any atom is 0.0291 e. The van der Waals surface area contributed by atoms with Crippen LogP contribution in [-0.4, -0.2) is 6.54 Å². The minimum Gasteiger partial charge on any atom is -0.310 e. The van der Waals surface area contributed by atoms with Crippen LogP contribution in [-0.2, 0) is 6.42 Å². The van der Waals surface area contributed by atoms with Gasteiger partial charge in [-0.25, -0.2) is 0 Å². The van der Waals surface area contributed by atoms with Crippen molar-refractivity contribution in [3.63, 3.8) is 0 Å². The average molecular weight is 231 g/mol. The number of nitrogens with one attached hydrogen (secondary N) is 1. The molecule has 1 aliphatic carbocycles. The van der Waals surface area contributed by atoms with Crippen LogP contribution in [0, 0.1) is 11.8 Å². The van der Waals surface area contributed by atoms with Crippen LogP contribution in [0.2, 0.25) is 0 Å². The van der Waals surface area contributed by atoms with Crippen molar-refractivity contribution >= 4 is 0 Å². The number of hydrogen-bond donors (Lipinski definition) is 1. The quantitative estimate of drug-likeness (QED) is 0.782. The Morgan fingerprint density at radius 2 is 1.94 bits per heavy atom. The molecule has 1 saturated carbocycles. The molecule has 0 aliphatic heterocycles. The highest BCUT2D eigenvalue weighted by atomic mass is 14.9. The van der Waals surface area contributed by atoms with E-state index in [4.69, 9.17) is 0 Å². The zero-order chi connectivity index (χ0) is 12.3. The van der Waals surface area contributed by atoms with Crippen LogP contribution >= 0.6 is 0 Å². The summed E-state index contributed by atoms with van der Waals surface area (Å²) in [7, 11) is 0. The molecule has 94 valence electrons. The van der Waals surface area contributed by atoms with Crippen molar-refractivity contribution in [2.75, 3.05) is 6.54 Å². The second kappa shape index (κ2) is 5.68. The highest BCUT2D eigenvalue weighted by molar-refractivity contribution is 5.24. The van der Waals surface area contributed by atoms with Crippen LogP contribution in [0.3, 0.4) is 0 Å². The Kier molecular flexibility index (Phi) is 4.22. The first kappa shape index (κ1) is 12.6. The van der Waals surface area contributed by atoms with Crippen molar-refractivity contribution in [2.45, 2.75) is 46.1 Å². The molecule has 1 heteroatoms. The predicted molar refractivity (Wildman–Crippen MR) is 74.1 cm³/mol. The third-order valence-corrected chi connectivity index (χ3v) is 3.98. The molecule has 1 aliphatic rings. The maximum atomic E-state index is 3.64. The summed E-state index contributed by atoms with van der Waals surface area (Å²) in [6.45, 7) is 8.02. The summed E-state index contributed by atoms with van der Waals surface area (Å²) in [6, 6.07) is 9.59. The third kappa shape index (κ3) is 3.57. The zero-order valence-electron chi connectivity index (χ0n) is 11.4. The summed E-state index contributed by atoms with van der Waals surface area (Å²) in [5.74, 6) is 1.87. The van der Waals surface area contributed by atoms with Crippen LogP contribution in [0.25, 0.3) is 0 Å². The van der Waals surface area contributed by atoms with Gasteiger partial charge in [-0.1, -0.05) is 44.5 Å². The standard InChI is InChI=1S/C16H25N/c1-4-5-14-6-8-15(9-7-14)13(3)17-11-16-10-12(16)2/h6-9,12-13,16-17H,4-5,10-11H2,1-3H3. The molecule has 17 heavy (non-hydrogen) atoms. The second-order valence-electron chi connectivity index (χ2n) is 5.59. The lowest BCUT2D eigenvalue weighted by Crippen LogP contribution is -2.21. The molecule has 0 aromatic heterocycles. The molecule has 1 aromatic carbocycles. The monoisotopic (exact) mass is 231 g/mol. The van der Waals surface area contributed by atoms with E-state index in [0.29, 0.717) is 6.04 Å². The summed E-state index contributed by atoms with van der Waals surface area (Å²) in [5.41, 5.74) is 2.87. The molecule has 0 radical (unpaired) electrons. The third-order valence-electron chi connectivity index (χ3n) is 3.98. The van der Waals surface area contributed by atoms with Gasteiger partial charge in [0.2, 0.25) is 0 Å². The summed E-state index contributed by atoms with van der Waals surface area (Å²) in [6.07, 6.45) is 3.84. The first-order valence-electron chi connectivity index (χ1n) is 7.03. The van der Waals surface area contributed by atoms with Gasteiger partial charge in [0.15, 0.2) is 0 Å². The number of rotatable bonds is 6. The van der Waals surface area contributed by atoms with Gasteiger partial charge in [-0.05, 0) is 49.3 Å². The minimum atomic E-state index is 0.485. The fourth-order valence-corrected chi connectivity index (χ4v) is 2.39. The van der Waals surface area contributed by atoms with Gasteiger partial charge in [0.25, 0.3) is 0 Å². The Bertz CT molecular complexity index is 341. The lowest BCUT2D eigenvalue weighted by Gasteiger charge is -2.14. The normalized spacial score (nSPS) is 24.6. The van der Waals surface area contributed by atoms with Crippen LogP contribution in [0.4, 0.5) is 0 Å². The predicted octanol–water partition coefficient (Wildman–Crippen LogP) is 3.95. The van der Waals surface area contributed by atoms with E-state index in [9.17, 15) is 0 Å². The molecule has 3 unspecified atom stereocenters. The minimum absolute atomic E-state index is 0.485. The molecule has 0 saturated heterocycles. The van der Waals surface area contributed by atoms with Crippen molar-refractivity contribution < 1.29 is 0 Å². The molecule has 0 spiro atoms. The van der Waals surface area contributed by atoms with E-state index in [1.807, 2.05) is 0 Å². The van der Waals surface area contributed by atoms with E-state index in [1.165, 1.54) is 36.9 Å². The number of benzene rings is 1. The van der Waals surface area contributed by atoms with Crippen molar-refractivity contribution in [1.82, 2.24) is 5.32 Å². The average Bonchev–Trinajstić information content (AvgIpc) is 3.04. The largest absolute Gasteiger partial charge is 0.310 e. The van der Waals surface area contributed by atoms with Gasteiger partial charge in [0.05, 0.1) is 0 Å². The van der Waals surface area contributed by atoms with Gasteiger partial charge in [0, 0.05) is 6.04 Å². The van der Waals surface area contributed by atoms with Crippen LogP contribution < -0.4 is 5.32 Å². The fourth-order valence-electron chi connectivity index (χ4n) is 2.39. The van der Waals surface area contributed by atoms with Gasteiger partial charge >= 0.3 is 0 Å². The van der Waals surface area contributed by atoms with Crippen molar-refractivity contribution in [1.29, 1.82) is 0 Å². The molecule has 1 fully saturated rings. The highest BCUT2D eigenvalue weighted by Gasteiger charge is 2.32. The van der Waals surface area contributed by atoms with E-state index < -0.39 is 0 Å². The molecule has 3 atom stereocenters. The topological polar surface area (TPSA) is 12.0 Å². The maximum absolute atomic E-state index is 3.64. The first-order valence-corrected chi connectivity index (χ1v) is 7.03. The molecular weight excluding hydrogens is 206 g/mol. The van der Waals surface area contributed by atoms with E-state index in [1.54, 1.807) is 0 Å². The van der Waals surface area contributed by atoms with Crippen LogP contribution in [0.15, 0.2) is 24.3 Å². The highest BCUT2D eigenvalue weighted by Crippen LogP contribution is 2.37. The zero-order valence-corrected chi connectivity index (χ0v) is 11.4. The smallest absolute Gasteiger partial charge is 0.0291 e. The van der Waals surface area contributed by atoms with Crippen LogP contribution in [0.5, 0.6) is 0 Å². The Hall–Kier alpha value is -0.820. The van der Waals surface area contributed by atoms with Crippen molar-refractivity contribution in [2.24, 2.45) is 11.8 Å². The number of hydrogen-bond acceptors (Lipinski definition) is 1. The molecule has 1 nitrogen and oxygen atoms in total. The first-order chi connectivity index (χ1) is 8.20. The van der Waals surface area contributed by atoms with Crippen molar-refractivity contribution in [3.05, 3.63) is 35.4 Å². The molecule has 0 heterocycles. The summed E-state index contributed by atoms with van der Waals surface area (Å²) < 4.78 is 0. The Morgan fingerprint density at radius 3 is 2.47 bits per heavy atom. The molecule has 1 N–H and O–H groups in total. The van der Waals surface area contributed by atoms with E-state index in [2.05, 4.69) is 50.4 Å². The molecule has 2 rings (SSSR count). The molecule has 0 amide bonds. The summed E-state index contributed by atoms with van der Waals surface area (Å²) in [5, 5.41) is 3.64. The second-order valence-corrected chi connectivity index (χ2v) is 5.59. The Morgan fingerprint density at radius 1 is 1.29 bits per heavy atom. The summed E-state index contributed by atoms with van der Waals surface area (Å²) in [4.78, 5) is 0. The van der Waals surface area contributed by atoms with Crippen molar-refractivity contribution in [3.8, 4) is 0 Å². The lowest BCUT2D eigenvalue weighted by molar-refractivity contribution is 0.535. The molecule has 1 aromatic rings. The van der Waals surface area contributed by atoms with E-state index in [-0.39, 0.29) is 0 Å². The van der Waals surface area contributed by atoms with E-state index >= 15 is 0 Å². The Balaban J connectivity index is 1.83. The summed E-state index contributed by atoms with van der Waals surface area (Å²) >= 11 is 0. The lowest BCUT2D eigenvalue weighted by atomic mass is 10.0. The Labute approximate surface area is 106 Å². The fraction of sp³-hybridized carbons (Fsp3) is 0.625. The SMILES string of the molecule is CCCc1ccc(C(C)NCC2CC2C)cc1. The molecule has 0 bridgehead atoms. The van der Waals surface area contributed by atoms with Gasteiger partial charge in [-0.3, -0.25) is 0 Å². The van der Waals surface area contributed by atoms with E-state index in [0.717, 1.165) is 11.8 Å². The van der Waals surface area contributed by atoms with Gasteiger partial charge < -0.3 is 5.32 Å². The van der Waals surface area contributed by atoms with Crippen LogP contribution in [0.1, 0.15) is 50.8 Å². The van der Waals surface area contributed by atoms with Gasteiger partial charge in [-0.2, -0.15) is 0 Å². The van der Waals surface area contributed by atoms with Gasteiger partial charge in [-0.15, -0.1) is 0 Å². The van der Waals surface area contributed by atoms with Gasteiger partial charge in [0.1, 0.15) is 0 Å². The number of aryl methyl sites for hydroxylation is 1. The molecular formula is C16H25N.